The lowest BCUT2D eigenvalue weighted by atomic mass is 9.75. The Kier molecular flexibility index (Phi) is 2.99. The minimum Gasteiger partial charge on any atom is -0.353 e. The van der Waals surface area contributed by atoms with Crippen molar-refractivity contribution in [3.05, 3.63) is 0 Å². The summed E-state index contributed by atoms with van der Waals surface area (Å²) >= 11 is 0. The molecule has 1 atom stereocenters. The van der Waals surface area contributed by atoms with Crippen molar-refractivity contribution < 1.29 is 4.79 Å². The van der Waals surface area contributed by atoms with Crippen molar-refractivity contribution in [2.24, 2.45) is 16.6 Å². The fourth-order valence-electron chi connectivity index (χ4n) is 2.83. The number of nitrogens with two attached hydrogens (primary N) is 1. The summed E-state index contributed by atoms with van der Waals surface area (Å²) in [4.78, 5) is 12.0. The summed E-state index contributed by atoms with van der Waals surface area (Å²) in [6.45, 7) is 5.09. The van der Waals surface area contributed by atoms with Crippen molar-refractivity contribution in [2.45, 2.75) is 58.4 Å². The first-order valence-electron chi connectivity index (χ1n) is 6.49. The van der Waals surface area contributed by atoms with Gasteiger partial charge in [-0.25, -0.2) is 0 Å². The topological polar surface area (TPSA) is 55.1 Å². The normalized spacial score (nSPS) is 30.8. The number of hydrogen-bond donors (Lipinski definition) is 2. The molecule has 2 fully saturated rings. The number of amides is 1. The zero-order chi connectivity index (χ0) is 11.8. The molecule has 3 nitrogen and oxygen atoms in total. The number of carbonyl (C=O) groups is 1. The van der Waals surface area contributed by atoms with Gasteiger partial charge in [-0.1, -0.05) is 20.3 Å². The lowest BCUT2D eigenvalue weighted by molar-refractivity contribution is -0.127. The third-order valence-corrected chi connectivity index (χ3v) is 4.27. The summed E-state index contributed by atoms with van der Waals surface area (Å²) in [5.74, 6) is 0.206. The molecule has 92 valence electrons. The van der Waals surface area contributed by atoms with E-state index in [1.54, 1.807) is 0 Å². The van der Waals surface area contributed by atoms with Crippen molar-refractivity contribution in [3.63, 3.8) is 0 Å². The molecule has 0 bridgehead atoms. The van der Waals surface area contributed by atoms with Gasteiger partial charge in [0, 0.05) is 12.6 Å². The average Bonchev–Trinajstić information content (AvgIpc) is 2.96. The Morgan fingerprint density at radius 1 is 1.38 bits per heavy atom. The Bertz CT molecular complexity index is 282. The van der Waals surface area contributed by atoms with E-state index in [0.717, 1.165) is 25.7 Å². The van der Waals surface area contributed by atoms with Crippen molar-refractivity contribution in [1.82, 2.24) is 5.32 Å². The van der Waals surface area contributed by atoms with Crippen molar-refractivity contribution in [2.75, 3.05) is 6.54 Å². The van der Waals surface area contributed by atoms with Gasteiger partial charge >= 0.3 is 0 Å². The third-order valence-electron chi connectivity index (χ3n) is 4.27. The molecule has 0 aromatic carbocycles. The lowest BCUT2D eigenvalue weighted by Crippen LogP contribution is -2.45. The highest BCUT2D eigenvalue weighted by Gasteiger charge is 2.49. The summed E-state index contributed by atoms with van der Waals surface area (Å²) in [7, 11) is 0. The van der Waals surface area contributed by atoms with E-state index in [0.29, 0.717) is 18.0 Å². The first-order valence-corrected chi connectivity index (χ1v) is 6.49. The van der Waals surface area contributed by atoms with Crippen LogP contribution in [0.4, 0.5) is 0 Å². The summed E-state index contributed by atoms with van der Waals surface area (Å²) < 4.78 is 0. The van der Waals surface area contributed by atoms with Gasteiger partial charge < -0.3 is 11.1 Å². The Labute approximate surface area is 98.2 Å². The van der Waals surface area contributed by atoms with Crippen LogP contribution >= 0.6 is 0 Å². The maximum Gasteiger partial charge on any atom is 0.227 e. The smallest absolute Gasteiger partial charge is 0.227 e. The molecule has 3 heteroatoms. The zero-order valence-electron chi connectivity index (χ0n) is 10.5. The van der Waals surface area contributed by atoms with E-state index in [-0.39, 0.29) is 11.3 Å². The minimum absolute atomic E-state index is 0.193. The molecule has 3 N–H and O–H groups in total. The van der Waals surface area contributed by atoms with Gasteiger partial charge in [-0.05, 0) is 37.5 Å². The molecule has 0 aliphatic heterocycles. The van der Waals surface area contributed by atoms with Crippen LogP contribution in [-0.4, -0.2) is 18.5 Å². The standard InChI is InChI=1S/C13H24N2O/c1-12(2)5-3-4-10(8-12)15-11(16)13(9-14)6-7-13/h10H,3-9,14H2,1-2H3,(H,15,16). The molecule has 16 heavy (non-hydrogen) atoms. The predicted octanol–water partition coefficient (Wildman–Crippen LogP) is 1.81. The molecule has 0 aromatic heterocycles. The van der Waals surface area contributed by atoms with Crippen LogP contribution in [0.1, 0.15) is 52.4 Å². The van der Waals surface area contributed by atoms with Gasteiger partial charge in [0.05, 0.1) is 5.41 Å². The van der Waals surface area contributed by atoms with E-state index in [2.05, 4.69) is 19.2 Å². The van der Waals surface area contributed by atoms with E-state index in [4.69, 9.17) is 5.73 Å². The first kappa shape index (κ1) is 11.9. The molecule has 0 aromatic rings. The largest absolute Gasteiger partial charge is 0.353 e. The molecule has 2 saturated carbocycles. The second-order valence-electron chi connectivity index (χ2n) is 6.42. The second-order valence-corrected chi connectivity index (χ2v) is 6.42. The summed E-state index contributed by atoms with van der Waals surface area (Å²) in [6, 6.07) is 0.375. The van der Waals surface area contributed by atoms with Crippen LogP contribution in [0.15, 0.2) is 0 Å². The van der Waals surface area contributed by atoms with Crippen LogP contribution in [0, 0.1) is 10.8 Å². The number of hydrogen-bond acceptors (Lipinski definition) is 2. The average molecular weight is 224 g/mol. The number of nitrogens with one attached hydrogen (secondary N) is 1. The van der Waals surface area contributed by atoms with Crippen LogP contribution in [0.5, 0.6) is 0 Å². The quantitative estimate of drug-likeness (QED) is 0.768. The molecule has 0 spiro atoms. The molecule has 2 rings (SSSR count). The maximum absolute atomic E-state index is 12.0. The second kappa shape index (κ2) is 4.02. The SMILES string of the molecule is CC1(C)CCCC(NC(=O)C2(CN)CC2)C1. The molecule has 2 aliphatic rings. The van der Waals surface area contributed by atoms with E-state index in [1.165, 1.54) is 12.8 Å². The molecule has 2 aliphatic carbocycles. The van der Waals surface area contributed by atoms with Gasteiger partial charge in [0.2, 0.25) is 5.91 Å². The van der Waals surface area contributed by atoms with Gasteiger partial charge in [-0.3, -0.25) is 4.79 Å². The van der Waals surface area contributed by atoms with Gasteiger partial charge in [-0.2, -0.15) is 0 Å². The molecular formula is C13H24N2O. The summed E-state index contributed by atoms with van der Waals surface area (Å²) in [6.07, 6.45) is 6.71. The molecule has 1 amide bonds. The Morgan fingerprint density at radius 2 is 2.06 bits per heavy atom. The van der Waals surface area contributed by atoms with Gasteiger partial charge in [0.1, 0.15) is 0 Å². The predicted molar refractivity (Wildman–Crippen MR) is 64.9 cm³/mol. The number of carbonyl (C=O) groups excluding carboxylic acids is 1. The molecular weight excluding hydrogens is 200 g/mol. The van der Waals surface area contributed by atoms with E-state index < -0.39 is 0 Å². The summed E-state index contributed by atoms with van der Waals surface area (Å²) in [5.41, 5.74) is 5.86. The third kappa shape index (κ3) is 2.40. The van der Waals surface area contributed by atoms with Crippen LogP contribution in [0.25, 0.3) is 0 Å². The fraction of sp³-hybridized carbons (Fsp3) is 0.923. The molecule has 0 heterocycles. The lowest BCUT2D eigenvalue weighted by Gasteiger charge is -2.36. The molecule has 0 saturated heterocycles. The Morgan fingerprint density at radius 3 is 2.56 bits per heavy atom. The van der Waals surface area contributed by atoms with Crippen LogP contribution < -0.4 is 11.1 Å². The zero-order valence-corrected chi connectivity index (χ0v) is 10.5. The highest BCUT2D eigenvalue weighted by molar-refractivity contribution is 5.85. The molecule has 0 radical (unpaired) electrons. The van der Waals surface area contributed by atoms with Gasteiger partial charge in [-0.15, -0.1) is 0 Å². The molecule has 1 unspecified atom stereocenters. The summed E-state index contributed by atoms with van der Waals surface area (Å²) in [5, 5.41) is 3.21. The van der Waals surface area contributed by atoms with Crippen LogP contribution in [0.2, 0.25) is 0 Å². The van der Waals surface area contributed by atoms with E-state index >= 15 is 0 Å². The highest BCUT2D eigenvalue weighted by Crippen LogP contribution is 2.45. The maximum atomic E-state index is 12.0. The first-order chi connectivity index (χ1) is 7.47. The van der Waals surface area contributed by atoms with Crippen molar-refractivity contribution >= 4 is 5.91 Å². The van der Waals surface area contributed by atoms with E-state index in [1.807, 2.05) is 0 Å². The Balaban J connectivity index is 1.88. The van der Waals surface area contributed by atoms with Crippen LogP contribution in [0.3, 0.4) is 0 Å². The minimum atomic E-state index is -0.193. The number of rotatable bonds is 3. The van der Waals surface area contributed by atoms with Crippen molar-refractivity contribution in [3.8, 4) is 0 Å². The van der Waals surface area contributed by atoms with Crippen molar-refractivity contribution in [1.29, 1.82) is 0 Å². The van der Waals surface area contributed by atoms with Crippen LogP contribution in [-0.2, 0) is 4.79 Å². The van der Waals surface area contributed by atoms with Gasteiger partial charge in [0.25, 0.3) is 0 Å². The fourth-order valence-corrected chi connectivity index (χ4v) is 2.83. The Hall–Kier alpha value is -0.570. The van der Waals surface area contributed by atoms with Gasteiger partial charge in [0.15, 0.2) is 0 Å². The monoisotopic (exact) mass is 224 g/mol. The highest BCUT2D eigenvalue weighted by atomic mass is 16.2. The van der Waals surface area contributed by atoms with E-state index in [9.17, 15) is 4.79 Å².